The number of ether oxygens (including phenoxy) is 2. The van der Waals surface area contributed by atoms with Gasteiger partial charge in [-0.05, 0) is 42.8 Å². The highest BCUT2D eigenvalue weighted by Crippen LogP contribution is 2.31. The Hall–Kier alpha value is -3.25. The quantitative estimate of drug-likeness (QED) is 0.530. The van der Waals surface area contributed by atoms with Crippen LogP contribution in [0.15, 0.2) is 64.1 Å². The van der Waals surface area contributed by atoms with E-state index < -0.39 is 12.0 Å². The maximum absolute atomic E-state index is 12.2. The third kappa shape index (κ3) is 3.87. The first-order chi connectivity index (χ1) is 13.6. The molecule has 1 aliphatic rings. The Labute approximate surface area is 166 Å². The van der Waals surface area contributed by atoms with Gasteiger partial charge in [-0.3, -0.25) is 4.79 Å². The summed E-state index contributed by atoms with van der Waals surface area (Å²) in [6.07, 6.45) is 0.656. The topological polar surface area (TPSA) is 73.1 Å². The van der Waals surface area contributed by atoms with Crippen LogP contribution in [0.3, 0.4) is 0 Å². The molecular formula is C21H17ClN2O4. The maximum atomic E-state index is 12.2. The summed E-state index contributed by atoms with van der Waals surface area (Å²) < 4.78 is 16.9. The number of rotatable bonds is 4. The summed E-state index contributed by atoms with van der Waals surface area (Å²) in [5, 5.41) is 4.61. The van der Waals surface area contributed by atoms with E-state index in [0.29, 0.717) is 28.0 Å². The summed E-state index contributed by atoms with van der Waals surface area (Å²) >= 11 is 6.16. The molecule has 1 unspecified atom stereocenters. The minimum Gasteiger partial charge on any atom is -0.485 e. The second kappa shape index (κ2) is 7.78. The van der Waals surface area contributed by atoms with Gasteiger partial charge in [0, 0.05) is 10.6 Å². The number of fused-ring (bicyclic) bond motifs is 1. The van der Waals surface area contributed by atoms with Gasteiger partial charge in [0.2, 0.25) is 6.10 Å². The first-order valence-corrected chi connectivity index (χ1v) is 9.06. The first kappa shape index (κ1) is 18.1. The van der Waals surface area contributed by atoms with Gasteiger partial charge in [0.1, 0.15) is 18.1 Å². The van der Waals surface area contributed by atoms with Gasteiger partial charge in [0.05, 0.1) is 6.21 Å². The third-order valence-electron chi connectivity index (χ3n) is 4.25. The summed E-state index contributed by atoms with van der Waals surface area (Å²) in [6, 6.07) is 16.5. The number of amides is 1. The molecule has 0 saturated carbocycles. The molecule has 2 aromatic carbocycles. The number of carbonyl (C=O) groups excluding carboxylic acids is 1. The number of halogens is 1. The van der Waals surface area contributed by atoms with Crippen molar-refractivity contribution < 1.29 is 18.7 Å². The summed E-state index contributed by atoms with van der Waals surface area (Å²) in [5.74, 6) is 1.91. The lowest BCUT2D eigenvalue weighted by molar-refractivity contribution is -0.130. The largest absolute Gasteiger partial charge is 0.485 e. The van der Waals surface area contributed by atoms with Gasteiger partial charge < -0.3 is 13.9 Å². The molecule has 0 aliphatic carbocycles. The van der Waals surface area contributed by atoms with Gasteiger partial charge in [-0.1, -0.05) is 35.9 Å². The first-order valence-electron chi connectivity index (χ1n) is 8.68. The molecule has 0 saturated heterocycles. The Morgan fingerprint density at radius 3 is 2.82 bits per heavy atom. The highest BCUT2D eigenvalue weighted by Gasteiger charge is 2.27. The van der Waals surface area contributed by atoms with Crippen LogP contribution >= 0.6 is 11.6 Å². The number of carbonyl (C=O) groups is 1. The molecule has 1 aliphatic heterocycles. The molecule has 1 amide bonds. The Morgan fingerprint density at radius 2 is 2.00 bits per heavy atom. The Bertz CT molecular complexity index is 1040. The molecule has 0 bridgehead atoms. The molecule has 1 aromatic heterocycles. The standard InChI is InChI=1S/C21H17ClN2O4/c1-13-6-7-14(10-16(13)22)17-9-8-15(27-17)11-23-24-21(25)20-12-26-18-4-2-3-5-19(18)28-20/h2-11,20H,12H2,1H3,(H,24,25)/b23-11+. The van der Waals surface area contributed by atoms with E-state index in [1.165, 1.54) is 6.21 Å². The summed E-state index contributed by atoms with van der Waals surface area (Å²) in [4.78, 5) is 12.2. The maximum Gasteiger partial charge on any atom is 0.284 e. The molecule has 28 heavy (non-hydrogen) atoms. The molecule has 0 fully saturated rings. The van der Waals surface area contributed by atoms with Crippen molar-refractivity contribution in [1.82, 2.24) is 5.43 Å². The number of hydrogen-bond acceptors (Lipinski definition) is 5. The number of hydrazone groups is 1. The van der Waals surface area contributed by atoms with Crippen LogP contribution in [0.2, 0.25) is 5.02 Å². The van der Waals surface area contributed by atoms with Crippen LogP contribution in [-0.2, 0) is 4.79 Å². The Balaban J connectivity index is 1.37. The van der Waals surface area contributed by atoms with E-state index in [9.17, 15) is 4.79 Å². The molecule has 0 radical (unpaired) electrons. The number of nitrogens with one attached hydrogen (secondary N) is 1. The number of furan rings is 1. The molecule has 1 atom stereocenters. The fourth-order valence-electron chi connectivity index (χ4n) is 2.70. The normalized spacial score (nSPS) is 15.6. The van der Waals surface area contributed by atoms with Gasteiger partial charge >= 0.3 is 0 Å². The predicted octanol–water partition coefficient (Wildman–Crippen LogP) is 4.20. The van der Waals surface area contributed by atoms with E-state index in [1.807, 2.05) is 43.3 Å². The van der Waals surface area contributed by atoms with Crippen LogP contribution in [0.4, 0.5) is 0 Å². The van der Waals surface area contributed by atoms with Gasteiger partial charge in [0.25, 0.3) is 5.91 Å². The number of hydrogen-bond donors (Lipinski definition) is 1. The molecule has 6 nitrogen and oxygen atoms in total. The van der Waals surface area contributed by atoms with E-state index in [-0.39, 0.29) is 6.61 Å². The average Bonchev–Trinajstić information content (AvgIpc) is 3.18. The lowest BCUT2D eigenvalue weighted by Crippen LogP contribution is -2.42. The second-order valence-electron chi connectivity index (χ2n) is 6.26. The number of aryl methyl sites for hydroxylation is 1. The fraction of sp³-hybridized carbons (Fsp3) is 0.143. The molecule has 4 rings (SSSR count). The van der Waals surface area contributed by atoms with Gasteiger partial charge in [0.15, 0.2) is 11.5 Å². The van der Waals surface area contributed by atoms with Crippen molar-refractivity contribution in [3.63, 3.8) is 0 Å². The van der Waals surface area contributed by atoms with E-state index in [4.69, 9.17) is 25.5 Å². The second-order valence-corrected chi connectivity index (χ2v) is 6.67. The number of benzene rings is 2. The van der Waals surface area contributed by atoms with Crippen molar-refractivity contribution in [3.05, 3.63) is 70.9 Å². The predicted molar refractivity (Wildman–Crippen MR) is 106 cm³/mol. The zero-order chi connectivity index (χ0) is 19.5. The van der Waals surface area contributed by atoms with Crippen molar-refractivity contribution in [3.8, 4) is 22.8 Å². The van der Waals surface area contributed by atoms with Crippen LogP contribution in [0.25, 0.3) is 11.3 Å². The number of para-hydroxylation sites is 2. The van der Waals surface area contributed by atoms with Crippen LogP contribution in [0.5, 0.6) is 11.5 Å². The van der Waals surface area contributed by atoms with E-state index in [1.54, 1.807) is 18.2 Å². The monoisotopic (exact) mass is 396 g/mol. The molecule has 142 valence electrons. The Kier molecular flexibility index (Phi) is 5.04. The van der Waals surface area contributed by atoms with Crippen LogP contribution in [0, 0.1) is 6.92 Å². The molecule has 7 heteroatoms. The lowest BCUT2D eigenvalue weighted by atomic mass is 10.1. The van der Waals surface area contributed by atoms with Crippen LogP contribution in [0.1, 0.15) is 11.3 Å². The van der Waals surface area contributed by atoms with Crippen molar-refractivity contribution >= 4 is 23.7 Å². The van der Waals surface area contributed by atoms with Crippen molar-refractivity contribution in [2.75, 3.05) is 6.61 Å². The summed E-state index contributed by atoms with van der Waals surface area (Å²) in [6.45, 7) is 2.06. The molecule has 2 heterocycles. The van der Waals surface area contributed by atoms with E-state index >= 15 is 0 Å². The molecule has 0 spiro atoms. The SMILES string of the molecule is Cc1ccc(-c2ccc(/C=N/NC(=O)C3COc4ccccc4O3)o2)cc1Cl. The van der Waals surface area contributed by atoms with Crippen molar-refractivity contribution in [2.24, 2.45) is 5.10 Å². The minimum absolute atomic E-state index is 0.122. The van der Waals surface area contributed by atoms with E-state index in [2.05, 4.69) is 10.5 Å². The molecule has 1 N–H and O–H groups in total. The zero-order valence-electron chi connectivity index (χ0n) is 15.0. The molecular weight excluding hydrogens is 380 g/mol. The summed E-state index contributed by atoms with van der Waals surface area (Å²) in [7, 11) is 0. The summed E-state index contributed by atoms with van der Waals surface area (Å²) in [5.41, 5.74) is 4.31. The van der Waals surface area contributed by atoms with Gasteiger partial charge in [-0.25, -0.2) is 5.43 Å². The number of nitrogens with zero attached hydrogens (tertiary/aromatic N) is 1. The fourth-order valence-corrected chi connectivity index (χ4v) is 2.88. The average molecular weight is 397 g/mol. The minimum atomic E-state index is -0.770. The Morgan fingerprint density at radius 1 is 1.18 bits per heavy atom. The van der Waals surface area contributed by atoms with E-state index in [0.717, 1.165) is 11.1 Å². The van der Waals surface area contributed by atoms with Crippen molar-refractivity contribution in [1.29, 1.82) is 0 Å². The van der Waals surface area contributed by atoms with Gasteiger partial charge in [-0.2, -0.15) is 5.10 Å². The van der Waals surface area contributed by atoms with Gasteiger partial charge in [-0.15, -0.1) is 0 Å². The molecule has 3 aromatic rings. The van der Waals surface area contributed by atoms with Crippen LogP contribution in [-0.4, -0.2) is 24.8 Å². The zero-order valence-corrected chi connectivity index (χ0v) is 15.8. The van der Waals surface area contributed by atoms with Crippen molar-refractivity contribution in [2.45, 2.75) is 13.0 Å². The third-order valence-corrected chi connectivity index (χ3v) is 4.66. The van der Waals surface area contributed by atoms with Crippen LogP contribution < -0.4 is 14.9 Å². The lowest BCUT2D eigenvalue weighted by Gasteiger charge is -2.24. The highest BCUT2D eigenvalue weighted by atomic mass is 35.5. The smallest absolute Gasteiger partial charge is 0.284 e. The highest BCUT2D eigenvalue weighted by molar-refractivity contribution is 6.31.